The molecular weight excluding hydrogens is 254 g/mol. The first kappa shape index (κ1) is 13.5. The van der Waals surface area contributed by atoms with Crippen LogP contribution >= 0.6 is 0 Å². The van der Waals surface area contributed by atoms with Gasteiger partial charge in [0.2, 0.25) is 0 Å². The zero-order chi connectivity index (χ0) is 13.2. The van der Waals surface area contributed by atoms with Crippen molar-refractivity contribution in [1.82, 2.24) is 15.1 Å². The molecule has 1 fully saturated rings. The second-order valence-corrected chi connectivity index (χ2v) is 6.68. The van der Waals surface area contributed by atoms with E-state index in [2.05, 4.69) is 15.1 Å². The molecule has 1 atom stereocenters. The van der Waals surface area contributed by atoms with Crippen molar-refractivity contribution in [2.75, 3.05) is 26.0 Å². The number of nitrogens with one attached hydrogen (secondary N) is 1. The van der Waals surface area contributed by atoms with E-state index in [9.17, 15) is 8.42 Å². The first-order chi connectivity index (χ1) is 8.54. The fourth-order valence-electron chi connectivity index (χ4n) is 2.53. The molecule has 1 aromatic heterocycles. The van der Waals surface area contributed by atoms with E-state index in [0.717, 1.165) is 25.8 Å². The summed E-state index contributed by atoms with van der Waals surface area (Å²) < 4.78 is 23.4. The third-order valence-electron chi connectivity index (χ3n) is 3.37. The smallest absolute Gasteiger partial charge is 0.178 e. The lowest BCUT2D eigenvalue weighted by Crippen LogP contribution is -2.36. The van der Waals surface area contributed by atoms with Gasteiger partial charge in [-0.3, -0.25) is 10.00 Å². The molecule has 0 spiro atoms. The SMILES string of the molecule is CS(=O)(=O)c1cn[nH]c1[C@H]1CCCCN1CCO. The number of β-amino-alcohol motifs (C(OH)–C–C–N with tert-alkyl or cyclic N) is 1. The average molecular weight is 273 g/mol. The molecular formula is C11H19N3O3S. The Morgan fingerprint density at radius 1 is 1.56 bits per heavy atom. The molecule has 102 valence electrons. The van der Waals surface area contributed by atoms with Crippen molar-refractivity contribution in [2.45, 2.75) is 30.2 Å². The first-order valence-electron chi connectivity index (χ1n) is 6.12. The molecule has 1 aromatic rings. The van der Waals surface area contributed by atoms with Gasteiger partial charge in [0, 0.05) is 12.8 Å². The quantitative estimate of drug-likeness (QED) is 0.825. The van der Waals surface area contributed by atoms with Crippen LogP contribution in [0.1, 0.15) is 31.0 Å². The van der Waals surface area contributed by atoms with E-state index in [0.29, 0.717) is 12.2 Å². The first-order valence-corrected chi connectivity index (χ1v) is 8.01. The van der Waals surface area contributed by atoms with Gasteiger partial charge in [-0.1, -0.05) is 6.42 Å². The van der Waals surface area contributed by atoms with E-state index in [1.165, 1.54) is 12.5 Å². The van der Waals surface area contributed by atoms with Gasteiger partial charge in [0.05, 0.1) is 24.5 Å². The summed E-state index contributed by atoms with van der Waals surface area (Å²) in [5.74, 6) is 0. The van der Waals surface area contributed by atoms with Crippen molar-refractivity contribution in [3.8, 4) is 0 Å². The van der Waals surface area contributed by atoms with Crippen molar-refractivity contribution in [3.05, 3.63) is 11.9 Å². The molecule has 0 unspecified atom stereocenters. The van der Waals surface area contributed by atoms with Crippen LogP contribution in [0.15, 0.2) is 11.1 Å². The molecule has 0 bridgehead atoms. The zero-order valence-electron chi connectivity index (χ0n) is 10.5. The van der Waals surface area contributed by atoms with Crippen LogP contribution in [-0.4, -0.2) is 54.6 Å². The molecule has 0 radical (unpaired) electrons. The van der Waals surface area contributed by atoms with Crippen LogP contribution in [0.3, 0.4) is 0 Å². The van der Waals surface area contributed by atoms with Gasteiger partial charge in [0.1, 0.15) is 4.90 Å². The largest absolute Gasteiger partial charge is 0.395 e. The number of hydrogen-bond donors (Lipinski definition) is 2. The van der Waals surface area contributed by atoms with E-state index >= 15 is 0 Å². The van der Waals surface area contributed by atoms with Gasteiger partial charge in [-0.05, 0) is 19.4 Å². The lowest BCUT2D eigenvalue weighted by molar-refractivity contribution is 0.113. The fourth-order valence-corrected chi connectivity index (χ4v) is 3.36. The second-order valence-electron chi connectivity index (χ2n) is 4.69. The van der Waals surface area contributed by atoms with Gasteiger partial charge < -0.3 is 5.11 Å². The Kier molecular flexibility index (Phi) is 4.04. The van der Waals surface area contributed by atoms with Gasteiger partial charge in [-0.2, -0.15) is 5.10 Å². The fraction of sp³-hybridized carbons (Fsp3) is 0.727. The molecule has 1 aliphatic rings. The minimum atomic E-state index is -3.26. The molecule has 2 heterocycles. The maximum absolute atomic E-state index is 11.7. The highest BCUT2D eigenvalue weighted by atomic mass is 32.2. The third-order valence-corrected chi connectivity index (χ3v) is 4.49. The number of piperidine rings is 1. The summed E-state index contributed by atoms with van der Waals surface area (Å²) in [4.78, 5) is 2.39. The summed E-state index contributed by atoms with van der Waals surface area (Å²) in [6.45, 7) is 1.53. The molecule has 1 saturated heterocycles. The van der Waals surface area contributed by atoms with Crippen LogP contribution in [-0.2, 0) is 9.84 Å². The molecule has 0 amide bonds. The number of aromatic amines is 1. The Morgan fingerprint density at radius 3 is 3.00 bits per heavy atom. The lowest BCUT2D eigenvalue weighted by Gasteiger charge is -2.34. The van der Waals surface area contributed by atoms with Crippen LogP contribution in [0, 0.1) is 0 Å². The maximum atomic E-state index is 11.7. The van der Waals surface area contributed by atoms with E-state index in [1.54, 1.807) is 0 Å². The van der Waals surface area contributed by atoms with Crippen molar-refractivity contribution in [2.24, 2.45) is 0 Å². The number of aromatic nitrogens is 2. The van der Waals surface area contributed by atoms with Crippen molar-refractivity contribution in [3.63, 3.8) is 0 Å². The van der Waals surface area contributed by atoms with Gasteiger partial charge >= 0.3 is 0 Å². The molecule has 18 heavy (non-hydrogen) atoms. The average Bonchev–Trinajstić information content (AvgIpc) is 2.78. The van der Waals surface area contributed by atoms with Crippen LogP contribution in [0.4, 0.5) is 0 Å². The molecule has 0 aliphatic carbocycles. The highest BCUT2D eigenvalue weighted by molar-refractivity contribution is 7.90. The Balaban J connectivity index is 2.31. The molecule has 2 N–H and O–H groups in total. The lowest BCUT2D eigenvalue weighted by atomic mass is 9.99. The van der Waals surface area contributed by atoms with Crippen LogP contribution < -0.4 is 0 Å². The Morgan fingerprint density at radius 2 is 2.33 bits per heavy atom. The molecule has 1 aliphatic heterocycles. The summed E-state index contributed by atoms with van der Waals surface area (Å²) in [6.07, 6.45) is 5.61. The summed E-state index contributed by atoms with van der Waals surface area (Å²) in [5.41, 5.74) is 0.658. The summed E-state index contributed by atoms with van der Waals surface area (Å²) >= 11 is 0. The molecule has 2 rings (SSSR count). The number of hydrogen-bond acceptors (Lipinski definition) is 5. The zero-order valence-corrected chi connectivity index (χ0v) is 11.3. The standard InChI is InChI=1S/C11H19N3O3S/c1-18(16,17)10-8-12-13-11(10)9-4-2-3-5-14(9)6-7-15/h8-9,15H,2-7H2,1H3,(H,12,13)/t9-/m1/s1. The molecule has 0 saturated carbocycles. The monoisotopic (exact) mass is 273 g/mol. The summed E-state index contributed by atoms with van der Waals surface area (Å²) in [7, 11) is -3.26. The van der Waals surface area contributed by atoms with Crippen molar-refractivity contribution >= 4 is 9.84 Å². The predicted octanol–water partition coefficient (Wildman–Crippen LogP) is 0.332. The van der Waals surface area contributed by atoms with Crippen LogP contribution in [0.25, 0.3) is 0 Å². The molecule has 6 nitrogen and oxygen atoms in total. The summed E-state index contributed by atoms with van der Waals surface area (Å²) in [6, 6.07) is 0.0122. The van der Waals surface area contributed by atoms with E-state index < -0.39 is 9.84 Å². The minimum Gasteiger partial charge on any atom is -0.395 e. The summed E-state index contributed by atoms with van der Waals surface area (Å²) in [5, 5.41) is 15.8. The van der Waals surface area contributed by atoms with Crippen LogP contribution in [0.2, 0.25) is 0 Å². The van der Waals surface area contributed by atoms with Gasteiger partial charge in [-0.15, -0.1) is 0 Å². The van der Waals surface area contributed by atoms with Crippen molar-refractivity contribution in [1.29, 1.82) is 0 Å². The number of H-pyrrole nitrogens is 1. The topological polar surface area (TPSA) is 86.3 Å². The normalized spacial score (nSPS) is 22.2. The number of aliphatic hydroxyl groups is 1. The van der Waals surface area contributed by atoms with Gasteiger partial charge in [0.25, 0.3) is 0 Å². The van der Waals surface area contributed by atoms with Gasteiger partial charge in [-0.25, -0.2) is 8.42 Å². The highest BCUT2D eigenvalue weighted by Crippen LogP contribution is 2.32. The number of likely N-dealkylation sites (tertiary alicyclic amines) is 1. The number of sulfone groups is 1. The van der Waals surface area contributed by atoms with E-state index in [4.69, 9.17) is 5.11 Å². The minimum absolute atomic E-state index is 0.0122. The highest BCUT2D eigenvalue weighted by Gasteiger charge is 2.29. The van der Waals surface area contributed by atoms with Crippen LogP contribution in [0.5, 0.6) is 0 Å². The van der Waals surface area contributed by atoms with E-state index in [1.807, 2.05) is 0 Å². The number of nitrogens with zero attached hydrogens (tertiary/aromatic N) is 2. The Hall–Kier alpha value is -0.920. The Bertz CT molecular complexity index is 495. The molecule has 0 aromatic carbocycles. The number of rotatable bonds is 4. The third kappa shape index (κ3) is 2.73. The second kappa shape index (κ2) is 5.38. The predicted molar refractivity (Wildman–Crippen MR) is 66.9 cm³/mol. The van der Waals surface area contributed by atoms with Crippen molar-refractivity contribution < 1.29 is 13.5 Å². The van der Waals surface area contributed by atoms with E-state index in [-0.39, 0.29) is 17.5 Å². The maximum Gasteiger partial charge on any atom is 0.178 e. The molecule has 7 heteroatoms. The van der Waals surface area contributed by atoms with Gasteiger partial charge in [0.15, 0.2) is 9.84 Å². The number of aliphatic hydroxyl groups excluding tert-OH is 1. The Labute approximate surface area is 107 Å².